The minimum absolute atomic E-state index is 0.239. The summed E-state index contributed by atoms with van der Waals surface area (Å²) < 4.78 is 6.20. The SMILES string of the molecule is CCOC(=O)c1ccc(NC(=O)C(C)Sc2ccc(=O)n(-c3ccc(C)c(Cl)c3)n2)cc1. The molecule has 166 valence electrons. The van der Waals surface area contributed by atoms with Crippen molar-refractivity contribution in [1.82, 2.24) is 9.78 Å². The van der Waals surface area contributed by atoms with E-state index in [-0.39, 0.29) is 11.5 Å². The van der Waals surface area contributed by atoms with Crippen LogP contribution in [-0.4, -0.2) is 33.5 Å². The second-order valence-electron chi connectivity index (χ2n) is 6.90. The standard InChI is InChI=1S/C23H22ClN3O4S/c1-4-31-23(30)16-6-8-17(9-7-16)25-22(29)15(3)32-20-11-12-21(28)27(26-20)18-10-5-14(2)19(24)13-18/h5-13,15H,4H2,1-3H3,(H,25,29). The molecule has 1 aromatic heterocycles. The predicted molar refractivity (Wildman–Crippen MR) is 126 cm³/mol. The first kappa shape index (κ1) is 23.6. The molecule has 0 aliphatic carbocycles. The van der Waals surface area contributed by atoms with Gasteiger partial charge in [0.25, 0.3) is 5.56 Å². The second-order valence-corrected chi connectivity index (χ2v) is 8.67. The van der Waals surface area contributed by atoms with Crippen molar-refractivity contribution in [2.45, 2.75) is 31.0 Å². The average molecular weight is 472 g/mol. The van der Waals surface area contributed by atoms with Crippen molar-refractivity contribution in [1.29, 1.82) is 0 Å². The summed E-state index contributed by atoms with van der Waals surface area (Å²) in [6.07, 6.45) is 0. The zero-order chi connectivity index (χ0) is 23.3. The van der Waals surface area contributed by atoms with E-state index in [4.69, 9.17) is 16.3 Å². The summed E-state index contributed by atoms with van der Waals surface area (Å²) in [6.45, 7) is 5.65. The quantitative estimate of drug-likeness (QED) is 0.403. The van der Waals surface area contributed by atoms with Crippen LogP contribution in [0.2, 0.25) is 5.02 Å². The maximum atomic E-state index is 12.6. The molecule has 3 rings (SSSR count). The number of nitrogens with zero attached hydrogens (tertiary/aromatic N) is 2. The topological polar surface area (TPSA) is 90.3 Å². The van der Waals surface area contributed by atoms with Gasteiger partial charge < -0.3 is 10.1 Å². The summed E-state index contributed by atoms with van der Waals surface area (Å²) in [5.41, 5.74) is 2.12. The minimum atomic E-state index is -0.486. The van der Waals surface area contributed by atoms with Gasteiger partial charge in [0.15, 0.2) is 0 Å². The number of thioether (sulfide) groups is 1. The molecule has 0 spiro atoms. The molecule has 0 saturated heterocycles. The Morgan fingerprint density at radius 2 is 1.88 bits per heavy atom. The molecule has 0 fully saturated rings. The molecule has 1 atom stereocenters. The lowest BCUT2D eigenvalue weighted by atomic mass is 10.2. The van der Waals surface area contributed by atoms with Gasteiger partial charge in [-0.05, 0) is 68.8 Å². The van der Waals surface area contributed by atoms with E-state index < -0.39 is 11.2 Å². The molecule has 0 saturated carbocycles. The summed E-state index contributed by atoms with van der Waals surface area (Å²) in [5, 5.41) is 7.74. The molecule has 1 amide bonds. The molecular weight excluding hydrogens is 450 g/mol. The lowest BCUT2D eigenvalue weighted by Gasteiger charge is -2.13. The number of hydrogen-bond donors (Lipinski definition) is 1. The molecule has 9 heteroatoms. The highest BCUT2D eigenvalue weighted by Gasteiger charge is 2.17. The molecule has 1 unspecified atom stereocenters. The summed E-state index contributed by atoms with van der Waals surface area (Å²) >= 11 is 7.40. The number of nitrogens with one attached hydrogen (secondary N) is 1. The number of esters is 1. The summed E-state index contributed by atoms with van der Waals surface area (Å²) in [4.78, 5) is 36.6. The van der Waals surface area contributed by atoms with Gasteiger partial charge in [0.2, 0.25) is 5.91 Å². The molecule has 0 bridgehead atoms. The van der Waals surface area contributed by atoms with Crippen molar-refractivity contribution in [3.8, 4) is 5.69 Å². The molecule has 3 aromatic rings. The number of rotatable bonds is 7. The fourth-order valence-corrected chi connectivity index (χ4v) is 3.72. The maximum absolute atomic E-state index is 12.6. The Kier molecular flexibility index (Phi) is 7.71. The lowest BCUT2D eigenvalue weighted by molar-refractivity contribution is -0.115. The first-order valence-corrected chi connectivity index (χ1v) is 11.2. The van der Waals surface area contributed by atoms with E-state index in [0.717, 1.165) is 5.56 Å². The number of carbonyl (C=O) groups is 2. The highest BCUT2D eigenvalue weighted by Crippen LogP contribution is 2.23. The van der Waals surface area contributed by atoms with Crippen molar-refractivity contribution in [2.75, 3.05) is 11.9 Å². The van der Waals surface area contributed by atoms with Crippen LogP contribution in [-0.2, 0) is 9.53 Å². The zero-order valence-electron chi connectivity index (χ0n) is 17.8. The molecule has 7 nitrogen and oxygen atoms in total. The van der Waals surface area contributed by atoms with Gasteiger partial charge in [0.05, 0.1) is 23.1 Å². The maximum Gasteiger partial charge on any atom is 0.338 e. The fraction of sp³-hybridized carbons (Fsp3) is 0.217. The Hall–Kier alpha value is -3.10. The van der Waals surface area contributed by atoms with E-state index in [2.05, 4.69) is 10.4 Å². The Morgan fingerprint density at radius 3 is 2.53 bits per heavy atom. The van der Waals surface area contributed by atoms with Crippen LogP contribution in [0.4, 0.5) is 5.69 Å². The molecule has 0 aliphatic heterocycles. The molecule has 0 aliphatic rings. The number of carbonyl (C=O) groups excluding carboxylic acids is 2. The molecule has 0 radical (unpaired) electrons. The molecule has 32 heavy (non-hydrogen) atoms. The second kappa shape index (κ2) is 10.5. The Labute approximate surface area is 194 Å². The number of aryl methyl sites for hydroxylation is 1. The molecule has 2 aromatic carbocycles. The van der Waals surface area contributed by atoms with Crippen LogP contribution in [0.3, 0.4) is 0 Å². The number of halogens is 1. The van der Waals surface area contributed by atoms with Crippen LogP contribution >= 0.6 is 23.4 Å². The van der Waals surface area contributed by atoms with Crippen LogP contribution in [0.25, 0.3) is 5.69 Å². The third-order valence-corrected chi connectivity index (χ3v) is 5.94. The Balaban J connectivity index is 1.69. The van der Waals surface area contributed by atoms with Crippen LogP contribution in [0, 0.1) is 6.92 Å². The van der Waals surface area contributed by atoms with E-state index >= 15 is 0 Å². The fourth-order valence-electron chi connectivity index (χ4n) is 2.74. The first-order valence-electron chi connectivity index (χ1n) is 9.90. The Morgan fingerprint density at radius 1 is 1.16 bits per heavy atom. The first-order chi connectivity index (χ1) is 15.3. The van der Waals surface area contributed by atoms with Gasteiger partial charge in [0, 0.05) is 16.8 Å². The number of benzene rings is 2. The summed E-state index contributed by atoms with van der Waals surface area (Å²) in [6, 6.07) is 14.7. The van der Waals surface area contributed by atoms with Gasteiger partial charge in [-0.2, -0.15) is 9.78 Å². The summed E-state index contributed by atoms with van der Waals surface area (Å²) in [5.74, 6) is -0.651. The van der Waals surface area contributed by atoms with E-state index in [0.29, 0.717) is 33.6 Å². The van der Waals surface area contributed by atoms with E-state index in [1.54, 1.807) is 56.3 Å². The van der Waals surface area contributed by atoms with Crippen molar-refractivity contribution >= 4 is 40.9 Å². The highest BCUT2D eigenvalue weighted by atomic mass is 35.5. The van der Waals surface area contributed by atoms with E-state index in [1.807, 2.05) is 13.0 Å². The van der Waals surface area contributed by atoms with E-state index in [1.165, 1.54) is 22.5 Å². The average Bonchev–Trinajstić information content (AvgIpc) is 2.77. The van der Waals surface area contributed by atoms with Crippen LogP contribution in [0.5, 0.6) is 0 Å². The smallest absolute Gasteiger partial charge is 0.338 e. The predicted octanol–water partition coefficient (Wildman–Crippen LogP) is 4.49. The number of amides is 1. The van der Waals surface area contributed by atoms with Crippen molar-refractivity contribution < 1.29 is 14.3 Å². The minimum Gasteiger partial charge on any atom is -0.462 e. The van der Waals surface area contributed by atoms with E-state index in [9.17, 15) is 14.4 Å². The van der Waals surface area contributed by atoms with Crippen molar-refractivity contribution in [3.05, 3.63) is 81.1 Å². The lowest BCUT2D eigenvalue weighted by Crippen LogP contribution is -2.24. The Bertz CT molecular complexity index is 1190. The number of anilines is 1. The van der Waals surface area contributed by atoms with Gasteiger partial charge >= 0.3 is 5.97 Å². The number of ether oxygens (including phenoxy) is 1. The highest BCUT2D eigenvalue weighted by molar-refractivity contribution is 8.00. The molecule has 1 heterocycles. The summed E-state index contributed by atoms with van der Waals surface area (Å²) in [7, 11) is 0. The largest absolute Gasteiger partial charge is 0.462 e. The van der Waals surface area contributed by atoms with Gasteiger partial charge in [0.1, 0.15) is 5.03 Å². The third kappa shape index (κ3) is 5.77. The van der Waals surface area contributed by atoms with Crippen LogP contribution in [0.15, 0.2) is 64.4 Å². The van der Waals surface area contributed by atoms with Crippen molar-refractivity contribution in [3.63, 3.8) is 0 Å². The molecular formula is C23H22ClN3O4S. The third-order valence-electron chi connectivity index (χ3n) is 4.51. The number of aromatic nitrogens is 2. The molecule has 1 N–H and O–H groups in total. The van der Waals surface area contributed by atoms with Gasteiger partial charge in [-0.3, -0.25) is 9.59 Å². The van der Waals surface area contributed by atoms with Crippen LogP contribution < -0.4 is 10.9 Å². The normalized spacial score (nSPS) is 11.6. The zero-order valence-corrected chi connectivity index (χ0v) is 19.4. The van der Waals surface area contributed by atoms with Gasteiger partial charge in [-0.15, -0.1) is 0 Å². The monoisotopic (exact) mass is 471 g/mol. The van der Waals surface area contributed by atoms with Gasteiger partial charge in [-0.1, -0.05) is 29.4 Å². The van der Waals surface area contributed by atoms with Crippen molar-refractivity contribution in [2.24, 2.45) is 0 Å². The number of hydrogen-bond acceptors (Lipinski definition) is 6. The van der Waals surface area contributed by atoms with Crippen LogP contribution in [0.1, 0.15) is 29.8 Å². The van der Waals surface area contributed by atoms with Gasteiger partial charge in [-0.25, -0.2) is 4.79 Å².